The molecule has 0 aliphatic carbocycles. The van der Waals surface area contributed by atoms with E-state index in [2.05, 4.69) is 4.98 Å². The number of rotatable bonds is 2. The maximum absolute atomic E-state index is 5.82. The van der Waals surface area contributed by atoms with E-state index < -0.39 is 0 Å². The Morgan fingerprint density at radius 1 is 1.13 bits per heavy atom. The summed E-state index contributed by atoms with van der Waals surface area (Å²) in [5.41, 5.74) is 6.14. The minimum atomic E-state index is 0.564. The Hall–Kier alpha value is -1.74. The summed E-state index contributed by atoms with van der Waals surface area (Å²) in [7, 11) is 0. The molecule has 15 heavy (non-hydrogen) atoms. The molecular formula is C11H9ClN2O. The lowest BCUT2D eigenvalue weighted by Gasteiger charge is -2.05. The molecule has 0 amide bonds. The largest absolute Gasteiger partial charge is 0.456 e. The predicted molar refractivity (Wildman–Crippen MR) is 60.2 cm³/mol. The summed E-state index contributed by atoms with van der Waals surface area (Å²) in [6, 6.07) is 8.84. The van der Waals surface area contributed by atoms with Crippen molar-refractivity contribution in [1.82, 2.24) is 4.98 Å². The Morgan fingerprint density at radius 2 is 2.00 bits per heavy atom. The summed E-state index contributed by atoms with van der Waals surface area (Å²) in [5, 5.41) is 0.629. The highest BCUT2D eigenvalue weighted by Crippen LogP contribution is 2.24. The van der Waals surface area contributed by atoms with Gasteiger partial charge in [-0.25, -0.2) is 0 Å². The molecule has 0 fully saturated rings. The van der Waals surface area contributed by atoms with Crippen molar-refractivity contribution in [2.45, 2.75) is 0 Å². The number of nitrogens with zero attached hydrogens (tertiary/aromatic N) is 1. The quantitative estimate of drug-likeness (QED) is 0.846. The number of ether oxygens (including phenoxy) is 1. The van der Waals surface area contributed by atoms with Gasteiger partial charge in [-0.15, -0.1) is 0 Å². The average Bonchev–Trinajstić information content (AvgIpc) is 2.17. The maximum atomic E-state index is 5.82. The molecule has 0 aliphatic rings. The van der Waals surface area contributed by atoms with E-state index in [1.165, 1.54) is 0 Å². The fraction of sp³-hybridized carbons (Fsp3) is 0. The number of hydrogen-bond acceptors (Lipinski definition) is 3. The van der Waals surface area contributed by atoms with Crippen LogP contribution >= 0.6 is 11.6 Å². The molecule has 2 rings (SSSR count). The zero-order valence-corrected chi connectivity index (χ0v) is 8.61. The van der Waals surface area contributed by atoms with Gasteiger partial charge in [-0.2, -0.15) is 0 Å². The number of halogens is 1. The number of nitrogens with two attached hydrogens (primary N) is 1. The summed E-state index contributed by atoms with van der Waals surface area (Å²) in [5.74, 6) is 1.26. The van der Waals surface area contributed by atoms with Crippen molar-refractivity contribution in [3.05, 3.63) is 47.7 Å². The first kappa shape index (κ1) is 9.80. The predicted octanol–water partition coefficient (Wildman–Crippen LogP) is 3.11. The SMILES string of the molecule is Nc1cncc(Oc2cccc(Cl)c2)c1. The van der Waals surface area contributed by atoms with Gasteiger partial charge in [0.25, 0.3) is 0 Å². The lowest BCUT2D eigenvalue weighted by Crippen LogP contribution is -1.89. The topological polar surface area (TPSA) is 48.1 Å². The van der Waals surface area contributed by atoms with Crippen LogP contribution in [0.5, 0.6) is 11.5 Å². The molecular weight excluding hydrogens is 212 g/mol. The van der Waals surface area contributed by atoms with Gasteiger partial charge in [0, 0.05) is 11.1 Å². The highest BCUT2D eigenvalue weighted by atomic mass is 35.5. The van der Waals surface area contributed by atoms with Gasteiger partial charge in [0.05, 0.1) is 18.1 Å². The van der Waals surface area contributed by atoms with Crippen LogP contribution in [-0.2, 0) is 0 Å². The summed E-state index contributed by atoms with van der Waals surface area (Å²) in [4.78, 5) is 3.92. The summed E-state index contributed by atoms with van der Waals surface area (Å²) < 4.78 is 5.51. The number of anilines is 1. The Bertz CT molecular complexity index is 430. The molecule has 76 valence electrons. The van der Waals surface area contributed by atoms with Crippen LogP contribution in [0.25, 0.3) is 0 Å². The van der Waals surface area contributed by atoms with Crippen LogP contribution in [0.4, 0.5) is 5.69 Å². The smallest absolute Gasteiger partial charge is 0.147 e. The van der Waals surface area contributed by atoms with Crippen LogP contribution in [0.2, 0.25) is 5.02 Å². The third-order valence-electron chi connectivity index (χ3n) is 1.77. The second kappa shape index (κ2) is 4.19. The molecule has 3 nitrogen and oxygen atoms in total. The van der Waals surface area contributed by atoms with E-state index >= 15 is 0 Å². The van der Waals surface area contributed by atoms with Crippen LogP contribution in [0.1, 0.15) is 0 Å². The van der Waals surface area contributed by atoms with Crippen LogP contribution in [0, 0.1) is 0 Å². The Morgan fingerprint density at radius 3 is 2.73 bits per heavy atom. The number of hydrogen-bond donors (Lipinski definition) is 1. The van der Waals surface area contributed by atoms with Gasteiger partial charge >= 0.3 is 0 Å². The second-order valence-electron chi connectivity index (χ2n) is 3.01. The summed E-state index contributed by atoms with van der Waals surface area (Å²) in [6.07, 6.45) is 3.15. The molecule has 1 heterocycles. The van der Waals surface area contributed by atoms with Gasteiger partial charge in [-0.1, -0.05) is 17.7 Å². The van der Waals surface area contributed by atoms with Crippen molar-refractivity contribution in [1.29, 1.82) is 0 Å². The molecule has 1 aromatic carbocycles. The van der Waals surface area contributed by atoms with Gasteiger partial charge < -0.3 is 10.5 Å². The molecule has 1 aromatic heterocycles. The van der Waals surface area contributed by atoms with E-state index in [9.17, 15) is 0 Å². The minimum Gasteiger partial charge on any atom is -0.456 e. The number of benzene rings is 1. The molecule has 4 heteroatoms. The van der Waals surface area contributed by atoms with Crippen LogP contribution in [0.3, 0.4) is 0 Å². The molecule has 0 unspecified atom stereocenters. The van der Waals surface area contributed by atoms with Crippen molar-refractivity contribution in [2.75, 3.05) is 5.73 Å². The fourth-order valence-corrected chi connectivity index (χ4v) is 1.34. The zero-order chi connectivity index (χ0) is 10.7. The number of aromatic nitrogens is 1. The van der Waals surface area contributed by atoms with Gasteiger partial charge in [0.1, 0.15) is 11.5 Å². The van der Waals surface area contributed by atoms with Crippen molar-refractivity contribution in [3.63, 3.8) is 0 Å². The number of nitrogen functional groups attached to an aromatic ring is 1. The third kappa shape index (κ3) is 2.60. The van der Waals surface area contributed by atoms with Gasteiger partial charge in [0.2, 0.25) is 0 Å². The fourth-order valence-electron chi connectivity index (χ4n) is 1.16. The molecule has 0 aliphatic heterocycles. The molecule has 0 spiro atoms. The van der Waals surface area contributed by atoms with Gasteiger partial charge in [-0.3, -0.25) is 4.98 Å². The van der Waals surface area contributed by atoms with E-state index in [0.29, 0.717) is 22.2 Å². The molecule has 0 saturated heterocycles. The monoisotopic (exact) mass is 220 g/mol. The lowest BCUT2D eigenvalue weighted by molar-refractivity contribution is 0.480. The molecule has 2 aromatic rings. The van der Waals surface area contributed by atoms with Crippen molar-refractivity contribution >= 4 is 17.3 Å². The normalized spacial score (nSPS) is 9.93. The van der Waals surface area contributed by atoms with Crippen molar-refractivity contribution in [2.24, 2.45) is 0 Å². The van der Waals surface area contributed by atoms with E-state index in [1.54, 1.807) is 30.6 Å². The molecule has 0 radical (unpaired) electrons. The van der Waals surface area contributed by atoms with E-state index in [0.717, 1.165) is 0 Å². The van der Waals surface area contributed by atoms with Crippen LogP contribution < -0.4 is 10.5 Å². The van der Waals surface area contributed by atoms with Gasteiger partial charge in [-0.05, 0) is 18.2 Å². The summed E-state index contributed by atoms with van der Waals surface area (Å²) >= 11 is 5.82. The molecule has 2 N–H and O–H groups in total. The molecule has 0 atom stereocenters. The minimum absolute atomic E-state index is 0.564. The van der Waals surface area contributed by atoms with Crippen molar-refractivity contribution < 1.29 is 4.74 Å². The molecule has 0 bridgehead atoms. The Balaban J connectivity index is 2.22. The average molecular weight is 221 g/mol. The third-order valence-corrected chi connectivity index (χ3v) is 2.00. The molecule has 0 saturated carbocycles. The second-order valence-corrected chi connectivity index (χ2v) is 3.45. The van der Waals surface area contributed by atoms with Crippen LogP contribution in [-0.4, -0.2) is 4.98 Å². The lowest BCUT2D eigenvalue weighted by atomic mass is 10.3. The first-order valence-corrected chi connectivity index (χ1v) is 4.76. The first-order valence-electron chi connectivity index (χ1n) is 4.38. The van der Waals surface area contributed by atoms with Crippen molar-refractivity contribution in [3.8, 4) is 11.5 Å². The van der Waals surface area contributed by atoms with E-state index in [-0.39, 0.29) is 0 Å². The summed E-state index contributed by atoms with van der Waals surface area (Å²) in [6.45, 7) is 0. The Labute approximate surface area is 92.5 Å². The zero-order valence-electron chi connectivity index (χ0n) is 7.85. The van der Waals surface area contributed by atoms with E-state index in [1.807, 2.05) is 12.1 Å². The van der Waals surface area contributed by atoms with Gasteiger partial charge in [0.15, 0.2) is 0 Å². The standard InChI is InChI=1S/C11H9ClN2O/c12-8-2-1-3-10(4-8)15-11-5-9(13)6-14-7-11/h1-7H,13H2. The number of pyridine rings is 1. The highest BCUT2D eigenvalue weighted by Gasteiger charge is 1.98. The first-order chi connectivity index (χ1) is 7.24. The maximum Gasteiger partial charge on any atom is 0.147 e. The Kier molecular flexibility index (Phi) is 2.74. The van der Waals surface area contributed by atoms with Crippen LogP contribution in [0.15, 0.2) is 42.7 Å². The highest BCUT2D eigenvalue weighted by molar-refractivity contribution is 6.30. The van der Waals surface area contributed by atoms with E-state index in [4.69, 9.17) is 22.1 Å².